The Morgan fingerprint density at radius 3 is 3.07 bits per heavy atom. The van der Waals surface area contributed by atoms with Crippen LogP contribution in [0.5, 0.6) is 0 Å². The molecule has 0 saturated carbocycles. The van der Waals surface area contributed by atoms with E-state index in [1.165, 1.54) is 0 Å². The summed E-state index contributed by atoms with van der Waals surface area (Å²) in [6.45, 7) is 4.47. The van der Waals surface area contributed by atoms with E-state index in [0.29, 0.717) is 18.8 Å². The van der Waals surface area contributed by atoms with Crippen molar-refractivity contribution in [2.75, 3.05) is 13.2 Å². The van der Waals surface area contributed by atoms with E-state index < -0.39 is 0 Å². The van der Waals surface area contributed by atoms with Gasteiger partial charge in [0.15, 0.2) is 0 Å². The Morgan fingerprint density at radius 2 is 2.50 bits per heavy atom. The maximum absolute atomic E-state index is 11.4. The molecule has 0 aliphatic heterocycles. The van der Waals surface area contributed by atoms with E-state index in [9.17, 15) is 4.79 Å². The van der Waals surface area contributed by atoms with Gasteiger partial charge >= 0.3 is 5.97 Å². The van der Waals surface area contributed by atoms with Crippen molar-refractivity contribution in [2.45, 2.75) is 19.9 Å². The number of aromatic nitrogens is 2. The molecular formula is C9H15N3O2. The Labute approximate surface area is 82.8 Å². The van der Waals surface area contributed by atoms with Crippen molar-refractivity contribution < 1.29 is 9.53 Å². The van der Waals surface area contributed by atoms with Gasteiger partial charge < -0.3 is 10.5 Å². The van der Waals surface area contributed by atoms with Crippen molar-refractivity contribution in [1.29, 1.82) is 0 Å². The Hall–Kier alpha value is -1.36. The fourth-order valence-corrected chi connectivity index (χ4v) is 1.13. The van der Waals surface area contributed by atoms with Crippen LogP contribution >= 0.6 is 0 Å². The molecule has 0 saturated heterocycles. The van der Waals surface area contributed by atoms with Crippen LogP contribution in [0.4, 0.5) is 0 Å². The summed E-state index contributed by atoms with van der Waals surface area (Å²) in [6.07, 6.45) is 1.57. The molecule has 1 heterocycles. The third-order valence-electron chi connectivity index (χ3n) is 1.91. The summed E-state index contributed by atoms with van der Waals surface area (Å²) in [5, 5.41) is 4.03. The Kier molecular flexibility index (Phi) is 3.64. The van der Waals surface area contributed by atoms with Gasteiger partial charge in [0.1, 0.15) is 5.69 Å². The van der Waals surface area contributed by atoms with Crippen LogP contribution in [0.3, 0.4) is 0 Å². The highest BCUT2D eigenvalue weighted by Gasteiger charge is 2.15. The molecule has 1 aromatic heterocycles. The number of esters is 1. The molecule has 1 atom stereocenters. The first kappa shape index (κ1) is 10.7. The fourth-order valence-electron chi connectivity index (χ4n) is 1.13. The van der Waals surface area contributed by atoms with Crippen LogP contribution in [0.15, 0.2) is 12.3 Å². The van der Waals surface area contributed by atoms with Gasteiger partial charge in [-0.3, -0.25) is 4.68 Å². The van der Waals surface area contributed by atoms with Crippen LogP contribution in [0.2, 0.25) is 0 Å². The lowest BCUT2D eigenvalue weighted by molar-refractivity contribution is 0.0509. The molecule has 0 aromatic carbocycles. The van der Waals surface area contributed by atoms with Gasteiger partial charge in [0, 0.05) is 12.7 Å². The zero-order valence-corrected chi connectivity index (χ0v) is 8.43. The second kappa shape index (κ2) is 4.76. The zero-order valence-electron chi connectivity index (χ0n) is 8.43. The first-order chi connectivity index (χ1) is 6.70. The van der Waals surface area contributed by atoms with E-state index in [2.05, 4.69) is 5.10 Å². The quantitative estimate of drug-likeness (QED) is 0.717. The lowest BCUT2D eigenvalue weighted by Gasteiger charge is -2.12. The Bertz CT molecular complexity index is 309. The first-order valence-electron chi connectivity index (χ1n) is 4.61. The number of hydrogen-bond donors (Lipinski definition) is 1. The van der Waals surface area contributed by atoms with Crippen molar-refractivity contribution in [3.8, 4) is 0 Å². The molecule has 0 bridgehead atoms. The van der Waals surface area contributed by atoms with Gasteiger partial charge in [-0.1, -0.05) is 0 Å². The number of nitrogens with two attached hydrogens (primary N) is 1. The Balaban J connectivity index is 2.86. The number of nitrogens with zero attached hydrogens (tertiary/aromatic N) is 2. The Morgan fingerprint density at radius 1 is 1.79 bits per heavy atom. The van der Waals surface area contributed by atoms with Gasteiger partial charge in [-0.2, -0.15) is 5.10 Å². The summed E-state index contributed by atoms with van der Waals surface area (Å²) in [7, 11) is 0. The molecule has 0 amide bonds. The summed E-state index contributed by atoms with van der Waals surface area (Å²) in [5.74, 6) is -0.356. The van der Waals surface area contributed by atoms with Gasteiger partial charge in [-0.05, 0) is 19.9 Å². The molecule has 0 radical (unpaired) electrons. The minimum Gasteiger partial charge on any atom is -0.461 e. The summed E-state index contributed by atoms with van der Waals surface area (Å²) < 4.78 is 6.46. The zero-order chi connectivity index (χ0) is 10.6. The van der Waals surface area contributed by atoms with Gasteiger partial charge in [0.25, 0.3) is 0 Å². The number of rotatable bonds is 4. The van der Waals surface area contributed by atoms with Crippen LogP contribution in [-0.4, -0.2) is 28.9 Å². The number of ether oxygens (including phenoxy) is 1. The van der Waals surface area contributed by atoms with E-state index in [4.69, 9.17) is 10.5 Å². The first-order valence-corrected chi connectivity index (χ1v) is 4.61. The highest BCUT2D eigenvalue weighted by molar-refractivity contribution is 5.87. The average molecular weight is 197 g/mol. The summed E-state index contributed by atoms with van der Waals surface area (Å²) in [6, 6.07) is 1.63. The monoisotopic (exact) mass is 197 g/mol. The molecule has 5 nitrogen and oxygen atoms in total. The molecule has 0 aliphatic carbocycles. The largest absolute Gasteiger partial charge is 0.461 e. The van der Waals surface area contributed by atoms with E-state index in [0.717, 1.165) is 0 Å². The standard InChI is InChI=1S/C9H15N3O2/c1-3-14-9(13)8-4-5-11-12(8)7(2)6-10/h4-5,7H,3,6,10H2,1-2H3. The van der Waals surface area contributed by atoms with Crippen molar-refractivity contribution >= 4 is 5.97 Å². The minimum absolute atomic E-state index is 0.00408. The van der Waals surface area contributed by atoms with E-state index in [-0.39, 0.29) is 12.0 Å². The van der Waals surface area contributed by atoms with Crippen LogP contribution in [0.1, 0.15) is 30.4 Å². The van der Waals surface area contributed by atoms with Crippen molar-refractivity contribution in [1.82, 2.24) is 9.78 Å². The SMILES string of the molecule is CCOC(=O)c1ccnn1C(C)CN. The van der Waals surface area contributed by atoms with Crippen molar-refractivity contribution in [2.24, 2.45) is 5.73 Å². The van der Waals surface area contributed by atoms with Gasteiger partial charge in [-0.15, -0.1) is 0 Å². The predicted octanol–water partition coefficient (Wildman–Crippen LogP) is 0.580. The number of hydrogen-bond acceptors (Lipinski definition) is 4. The smallest absolute Gasteiger partial charge is 0.356 e. The molecule has 0 spiro atoms. The lowest BCUT2D eigenvalue weighted by atomic mass is 10.3. The van der Waals surface area contributed by atoms with Gasteiger partial charge in [0.05, 0.1) is 12.6 Å². The maximum Gasteiger partial charge on any atom is 0.356 e. The predicted molar refractivity (Wildman–Crippen MR) is 51.9 cm³/mol. The number of carbonyl (C=O) groups is 1. The molecule has 78 valence electrons. The average Bonchev–Trinajstić information content (AvgIpc) is 2.65. The highest BCUT2D eigenvalue weighted by Crippen LogP contribution is 2.08. The molecule has 0 aliphatic rings. The van der Waals surface area contributed by atoms with E-state index in [1.807, 2.05) is 6.92 Å². The van der Waals surface area contributed by atoms with Gasteiger partial charge in [0.2, 0.25) is 0 Å². The highest BCUT2D eigenvalue weighted by atomic mass is 16.5. The molecule has 2 N–H and O–H groups in total. The van der Waals surface area contributed by atoms with Crippen LogP contribution in [0, 0.1) is 0 Å². The third kappa shape index (κ3) is 2.11. The molecule has 0 fully saturated rings. The van der Waals surface area contributed by atoms with Gasteiger partial charge in [-0.25, -0.2) is 4.79 Å². The maximum atomic E-state index is 11.4. The third-order valence-corrected chi connectivity index (χ3v) is 1.91. The van der Waals surface area contributed by atoms with Crippen LogP contribution in [-0.2, 0) is 4.74 Å². The lowest BCUT2D eigenvalue weighted by Crippen LogP contribution is -2.22. The van der Waals surface area contributed by atoms with Crippen molar-refractivity contribution in [3.63, 3.8) is 0 Å². The van der Waals surface area contributed by atoms with E-state index in [1.54, 1.807) is 23.9 Å². The second-order valence-electron chi connectivity index (χ2n) is 2.97. The molecule has 5 heteroatoms. The fraction of sp³-hybridized carbons (Fsp3) is 0.556. The topological polar surface area (TPSA) is 70.1 Å². The minimum atomic E-state index is -0.356. The molecular weight excluding hydrogens is 182 g/mol. The molecule has 1 rings (SSSR count). The van der Waals surface area contributed by atoms with E-state index >= 15 is 0 Å². The summed E-state index contributed by atoms with van der Waals surface area (Å²) in [4.78, 5) is 11.4. The molecule has 14 heavy (non-hydrogen) atoms. The molecule has 1 aromatic rings. The van der Waals surface area contributed by atoms with Crippen molar-refractivity contribution in [3.05, 3.63) is 18.0 Å². The second-order valence-corrected chi connectivity index (χ2v) is 2.97. The van der Waals surface area contributed by atoms with Crippen LogP contribution < -0.4 is 5.73 Å². The summed E-state index contributed by atoms with van der Waals surface area (Å²) >= 11 is 0. The van der Waals surface area contributed by atoms with Crippen LogP contribution in [0.25, 0.3) is 0 Å². The normalized spacial score (nSPS) is 12.5. The number of carbonyl (C=O) groups excluding carboxylic acids is 1. The summed E-state index contributed by atoms with van der Waals surface area (Å²) in [5.41, 5.74) is 5.94. The molecule has 1 unspecified atom stereocenters.